The minimum Gasteiger partial charge on any atom is -0.487 e. The van der Waals surface area contributed by atoms with Crippen molar-refractivity contribution in [3.05, 3.63) is 92.7 Å². The highest BCUT2D eigenvalue weighted by Crippen LogP contribution is 2.33. The van der Waals surface area contributed by atoms with Gasteiger partial charge in [-0.3, -0.25) is 4.98 Å². The Labute approximate surface area is 200 Å². The number of hydrogen-bond acceptors (Lipinski definition) is 2. The lowest BCUT2D eigenvalue weighted by Gasteiger charge is -2.19. The Morgan fingerprint density at radius 2 is 1.69 bits per heavy atom. The standard InChI is InChI=1S/C27H28Cl2N2O/c1-17-18(2)31(15-19-6-9-21(10-7-19)27(3,4)5)26-24(12-13-30-25(17)26)32-16-20-8-11-22(28)14-23(20)29/h6-14H,15-16H2,1-5H3. The zero-order valence-electron chi connectivity index (χ0n) is 19.2. The lowest BCUT2D eigenvalue weighted by atomic mass is 9.87. The molecule has 3 nitrogen and oxygen atoms in total. The molecule has 0 bridgehead atoms. The summed E-state index contributed by atoms with van der Waals surface area (Å²) in [5.74, 6) is 0.795. The van der Waals surface area contributed by atoms with Crippen LogP contribution in [0.3, 0.4) is 0 Å². The molecule has 0 saturated heterocycles. The topological polar surface area (TPSA) is 27.1 Å². The van der Waals surface area contributed by atoms with Gasteiger partial charge < -0.3 is 9.30 Å². The summed E-state index contributed by atoms with van der Waals surface area (Å²) in [6.07, 6.45) is 1.80. The molecule has 4 rings (SSSR count). The molecule has 0 aliphatic heterocycles. The van der Waals surface area contributed by atoms with Crippen LogP contribution >= 0.6 is 23.2 Å². The zero-order chi connectivity index (χ0) is 23.0. The highest BCUT2D eigenvalue weighted by molar-refractivity contribution is 6.35. The first-order valence-electron chi connectivity index (χ1n) is 10.8. The van der Waals surface area contributed by atoms with Crippen LogP contribution in [-0.4, -0.2) is 9.55 Å². The number of aryl methyl sites for hydroxylation is 1. The third-order valence-electron chi connectivity index (χ3n) is 6.02. The van der Waals surface area contributed by atoms with Crippen LogP contribution < -0.4 is 4.74 Å². The highest BCUT2D eigenvalue weighted by atomic mass is 35.5. The second-order valence-corrected chi connectivity index (χ2v) is 10.1. The SMILES string of the molecule is Cc1c(C)n(Cc2ccc(C(C)(C)C)cc2)c2c(OCc3ccc(Cl)cc3Cl)ccnc12. The quantitative estimate of drug-likeness (QED) is 0.298. The fourth-order valence-electron chi connectivity index (χ4n) is 3.91. The van der Waals surface area contributed by atoms with E-state index in [0.717, 1.165) is 28.9 Å². The van der Waals surface area contributed by atoms with Crippen LogP contribution in [0.2, 0.25) is 10.0 Å². The second kappa shape index (κ2) is 8.80. The monoisotopic (exact) mass is 466 g/mol. The molecule has 0 aliphatic rings. The van der Waals surface area contributed by atoms with E-state index in [-0.39, 0.29) is 5.41 Å². The summed E-state index contributed by atoms with van der Waals surface area (Å²) >= 11 is 12.4. The molecule has 5 heteroatoms. The van der Waals surface area contributed by atoms with Crippen LogP contribution in [0.5, 0.6) is 5.75 Å². The predicted octanol–water partition coefficient (Wildman–Crippen LogP) is 7.88. The molecular formula is C27H28Cl2N2O. The number of pyridine rings is 1. The summed E-state index contributed by atoms with van der Waals surface area (Å²) in [5.41, 5.74) is 7.94. The molecule has 0 amide bonds. The van der Waals surface area contributed by atoms with Gasteiger partial charge in [0.1, 0.15) is 17.9 Å². The fraction of sp³-hybridized carbons (Fsp3) is 0.296. The Kier molecular flexibility index (Phi) is 6.24. The smallest absolute Gasteiger partial charge is 0.147 e. The van der Waals surface area contributed by atoms with Crippen LogP contribution in [0.15, 0.2) is 54.7 Å². The summed E-state index contributed by atoms with van der Waals surface area (Å²) in [6.45, 7) is 12.1. The number of halogens is 2. The van der Waals surface area contributed by atoms with E-state index in [4.69, 9.17) is 27.9 Å². The summed E-state index contributed by atoms with van der Waals surface area (Å²) < 4.78 is 8.54. The van der Waals surface area contributed by atoms with Crippen molar-refractivity contribution in [3.8, 4) is 5.75 Å². The van der Waals surface area contributed by atoms with Crippen LogP contribution in [0.1, 0.15) is 48.7 Å². The highest BCUT2D eigenvalue weighted by Gasteiger charge is 2.18. The molecule has 4 aromatic rings. The lowest BCUT2D eigenvalue weighted by Crippen LogP contribution is -2.11. The molecule has 166 valence electrons. The summed E-state index contributed by atoms with van der Waals surface area (Å²) in [5, 5.41) is 1.21. The van der Waals surface area contributed by atoms with Gasteiger partial charge in [-0.15, -0.1) is 0 Å². The molecule has 32 heavy (non-hydrogen) atoms. The first kappa shape index (κ1) is 22.7. The van der Waals surface area contributed by atoms with Crippen LogP contribution in [0.25, 0.3) is 11.0 Å². The largest absolute Gasteiger partial charge is 0.487 e. The first-order chi connectivity index (χ1) is 15.1. The zero-order valence-corrected chi connectivity index (χ0v) is 20.7. The van der Waals surface area contributed by atoms with Gasteiger partial charge in [-0.25, -0.2) is 0 Å². The molecule has 0 radical (unpaired) electrons. The van der Waals surface area contributed by atoms with E-state index in [1.807, 2.05) is 18.2 Å². The molecular weight excluding hydrogens is 439 g/mol. The number of aromatic nitrogens is 2. The van der Waals surface area contributed by atoms with Crippen molar-refractivity contribution >= 4 is 34.2 Å². The van der Waals surface area contributed by atoms with Crippen molar-refractivity contribution in [2.45, 2.75) is 53.2 Å². The molecule has 2 heterocycles. The van der Waals surface area contributed by atoms with Crippen LogP contribution in [0.4, 0.5) is 0 Å². The molecule has 2 aromatic carbocycles. The Bertz CT molecular complexity index is 1270. The van der Waals surface area contributed by atoms with Gasteiger partial charge in [0, 0.05) is 40.1 Å². The van der Waals surface area contributed by atoms with Crippen LogP contribution in [0, 0.1) is 13.8 Å². The van der Waals surface area contributed by atoms with E-state index >= 15 is 0 Å². The van der Waals surface area contributed by atoms with Gasteiger partial charge in [0.15, 0.2) is 0 Å². The van der Waals surface area contributed by atoms with Crippen LogP contribution in [-0.2, 0) is 18.6 Å². The maximum absolute atomic E-state index is 6.34. The molecule has 0 N–H and O–H groups in total. The minimum absolute atomic E-state index is 0.138. The molecule has 0 spiro atoms. The Morgan fingerprint density at radius 3 is 2.34 bits per heavy atom. The average molecular weight is 467 g/mol. The average Bonchev–Trinajstić information content (AvgIpc) is 2.98. The summed E-state index contributed by atoms with van der Waals surface area (Å²) in [4.78, 5) is 4.65. The minimum atomic E-state index is 0.138. The number of rotatable bonds is 5. The van der Waals surface area contributed by atoms with E-state index < -0.39 is 0 Å². The van der Waals surface area contributed by atoms with Crippen molar-refractivity contribution in [1.82, 2.24) is 9.55 Å². The van der Waals surface area contributed by atoms with Gasteiger partial charge in [-0.2, -0.15) is 0 Å². The Hall–Kier alpha value is -2.49. The van der Waals surface area contributed by atoms with Gasteiger partial charge in [-0.05, 0) is 48.1 Å². The maximum Gasteiger partial charge on any atom is 0.147 e. The molecule has 2 aromatic heterocycles. The second-order valence-electron chi connectivity index (χ2n) is 9.27. The fourth-order valence-corrected chi connectivity index (χ4v) is 4.38. The third-order valence-corrected chi connectivity index (χ3v) is 6.61. The predicted molar refractivity (Wildman–Crippen MR) is 134 cm³/mol. The molecule has 0 fully saturated rings. The van der Waals surface area contributed by atoms with E-state index in [0.29, 0.717) is 16.7 Å². The third kappa shape index (κ3) is 4.51. The van der Waals surface area contributed by atoms with E-state index in [9.17, 15) is 0 Å². The number of fused-ring (bicyclic) bond motifs is 1. The van der Waals surface area contributed by atoms with Crippen molar-refractivity contribution in [1.29, 1.82) is 0 Å². The van der Waals surface area contributed by atoms with E-state index in [1.54, 1.807) is 12.3 Å². The Balaban J connectivity index is 1.69. The number of nitrogens with zero attached hydrogens (tertiary/aromatic N) is 2. The van der Waals surface area contributed by atoms with E-state index in [2.05, 4.69) is 68.4 Å². The van der Waals surface area contributed by atoms with Crippen molar-refractivity contribution in [2.24, 2.45) is 0 Å². The van der Waals surface area contributed by atoms with Gasteiger partial charge >= 0.3 is 0 Å². The van der Waals surface area contributed by atoms with Crippen molar-refractivity contribution < 1.29 is 4.74 Å². The number of ether oxygens (including phenoxy) is 1. The van der Waals surface area contributed by atoms with Gasteiger partial charge in [0.2, 0.25) is 0 Å². The van der Waals surface area contributed by atoms with Gasteiger partial charge in [-0.1, -0.05) is 74.3 Å². The number of hydrogen-bond donors (Lipinski definition) is 0. The maximum atomic E-state index is 6.34. The summed E-state index contributed by atoms with van der Waals surface area (Å²) in [6, 6.07) is 16.3. The van der Waals surface area contributed by atoms with Gasteiger partial charge in [0.25, 0.3) is 0 Å². The van der Waals surface area contributed by atoms with Crippen molar-refractivity contribution in [3.63, 3.8) is 0 Å². The normalized spacial score (nSPS) is 11.8. The van der Waals surface area contributed by atoms with E-state index in [1.165, 1.54) is 22.4 Å². The van der Waals surface area contributed by atoms with Crippen molar-refractivity contribution in [2.75, 3.05) is 0 Å². The molecule has 0 unspecified atom stereocenters. The molecule has 0 atom stereocenters. The lowest BCUT2D eigenvalue weighted by molar-refractivity contribution is 0.308. The number of benzene rings is 2. The van der Waals surface area contributed by atoms with Gasteiger partial charge in [0.05, 0.1) is 5.52 Å². The molecule has 0 aliphatic carbocycles. The summed E-state index contributed by atoms with van der Waals surface area (Å²) in [7, 11) is 0. The first-order valence-corrected chi connectivity index (χ1v) is 11.5. The Morgan fingerprint density at radius 1 is 0.969 bits per heavy atom. The molecule has 0 saturated carbocycles.